The van der Waals surface area contributed by atoms with E-state index in [2.05, 4.69) is 11.9 Å². The molecule has 0 spiro atoms. The highest BCUT2D eigenvalue weighted by Crippen LogP contribution is 1.92. The third kappa shape index (κ3) is 11.3. The van der Waals surface area contributed by atoms with Crippen molar-refractivity contribution in [2.24, 2.45) is 0 Å². The predicted molar refractivity (Wildman–Crippen MR) is 72.9 cm³/mol. The van der Waals surface area contributed by atoms with Crippen molar-refractivity contribution < 1.29 is 25.2 Å². The van der Waals surface area contributed by atoms with Crippen LogP contribution in [0.3, 0.4) is 0 Å². The Labute approximate surface area is 115 Å². The van der Waals surface area contributed by atoms with Crippen molar-refractivity contribution >= 4 is 12.1 Å². The molecule has 1 amide bonds. The lowest BCUT2D eigenvalue weighted by molar-refractivity contribution is -0.138. The van der Waals surface area contributed by atoms with Crippen LogP contribution in [0.25, 0.3) is 0 Å². The monoisotopic (exact) mass is 275 g/mol. The highest BCUT2D eigenvalue weighted by molar-refractivity contribution is 5.86. The van der Waals surface area contributed by atoms with Gasteiger partial charge in [0.1, 0.15) is 6.61 Å². The van der Waals surface area contributed by atoms with Gasteiger partial charge in [0, 0.05) is 13.4 Å². The van der Waals surface area contributed by atoms with Crippen LogP contribution in [-0.2, 0) is 19.0 Å². The Morgan fingerprint density at radius 3 is 2.47 bits per heavy atom. The minimum atomic E-state index is -0.532. The second kappa shape index (κ2) is 10.4. The first kappa shape index (κ1) is 17.4. The van der Waals surface area contributed by atoms with Gasteiger partial charge in [0.05, 0.1) is 25.9 Å². The second-order valence-electron chi connectivity index (χ2n) is 4.25. The fraction of sp³-hybridized carbons (Fsp3) is 0.692. The fourth-order valence-electron chi connectivity index (χ4n) is 1.01. The molecule has 0 aliphatic carbocycles. The van der Waals surface area contributed by atoms with Crippen LogP contribution in [0.2, 0.25) is 0 Å². The number of esters is 1. The summed E-state index contributed by atoms with van der Waals surface area (Å²) in [6.07, 6.45) is 0.295. The Kier molecular flexibility index (Phi) is 9.52. The third-order valence-corrected chi connectivity index (χ3v) is 1.93. The van der Waals surface area contributed by atoms with Gasteiger partial charge in [-0.3, -0.25) is 0 Å². The summed E-state index contributed by atoms with van der Waals surface area (Å²) in [4.78, 5) is 22.2. The standard InChI is InChI=1S/C13H23NO5.H2/c1-10(2)12(15)18-9-6-14-13(16)19-8-5-7-17-11(3)4;/h11H,1,5-9H2,2-4H3,(H,14,16);1H. The first-order valence-electron chi connectivity index (χ1n) is 6.28. The quantitative estimate of drug-likeness (QED) is 0.395. The lowest BCUT2D eigenvalue weighted by Gasteiger charge is -2.09. The van der Waals surface area contributed by atoms with Crippen LogP contribution in [0.1, 0.15) is 28.6 Å². The van der Waals surface area contributed by atoms with E-state index in [1.54, 1.807) is 6.92 Å². The van der Waals surface area contributed by atoms with Crippen molar-refractivity contribution in [2.45, 2.75) is 33.3 Å². The largest absolute Gasteiger partial charge is 0.460 e. The molecule has 0 aliphatic rings. The summed E-state index contributed by atoms with van der Waals surface area (Å²) < 4.78 is 15.0. The third-order valence-electron chi connectivity index (χ3n) is 1.93. The zero-order chi connectivity index (χ0) is 14.7. The summed E-state index contributed by atoms with van der Waals surface area (Å²) in [6, 6.07) is 0. The highest BCUT2D eigenvalue weighted by Gasteiger charge is 2.04. The first-order valence-corrected chi connectivity index (χ1v) is 6.28. The number of ether oxygens (including phenoxy) is 3. The number of amides is 1. The summed E-state index contributed by atoms with van der Waals surface area (Å²) >= 11 is 0. The van der Waals surface area contributed by atoms with Crippen molar-refractivity contribution in [3.63, 3.8) is 0 Å². The van der Waals surface area contributed by atoms with E-state index in [9.17, 15) is 9.59 Å². The zero-order valence-electron chi connectivity index (χ0n) is 11.9. The molecule has 0 aromatic rings. The number of nitrogens with one attached hydrogen (secondary N) is 1. The number of hydrogen-bond acceptors (Lipinski definition) is 5. The number of hydrogen-bond donors (Lipinski definition) is 1. The van der Waals surface area contributed by atoms with E-state index in [0.29, 0.717) is 25.2 Å². The molecule has 0 atom stereocenters. The van der Waals surface area contributed by atoms with Gasteiger partial charge in [0.25, 0.3) is 0 Å². The summed E-state index contributed by atoms with van der Waals surface area (Å²) in [5.41, 5.74) is 0.327. The van der Waals surface area contributed by atoms with Gasteiger partial charge in [-0.05, 0) is 20.8 Å². The predicted octanol–water partition coefficient (Wildman–Crippen LogP) is 1.89. The SMILES string of the molecule is C=C(C)C(=O)OCCNC(=O)OCCCOC(C)C.[HH]. The maximum absolute atomic E-state index is 11.2. The van der Waals surface area contributed by atoms with Crippen molar-refractivity contribution in [3.05, 3.63) is 12.2 Å². The molecule has 112 valence electrons. The zero-order valence-corrected chi connectivity index (χ0v) is 11.9. The molecule has 0 unspecified atom stereocenters. The van der Waals surface area contributed by atoms with Crippen LogP contribution in [0, 0.1) is 0 Å². The number of alkyl carbamates (subject to hydrolysis) is 1. The van der Waals surface area contributed by atoms with Gasteiger partial charge in [-0.15, -0.1) is 0 Å². The highest BCUT2D eigenvalue weighted by atomic mass is 16.6. The van der Waals surface area contributed by atoms with Crippen LogP contribution >= 0.6 is 0 Å². The maximum Gasteiger partial charge on any atom is 0.407 e. The van der Waals surface area contributed by atoms with E-state index in [1.165, 1.54) is 0 Å². The van der Waals surface area contributed by atoms with E-state index in [0.717, 1.165) is 0 Å². The van der Waals surface area contributed by atoms with Crippen molar-refractivity contribution in [1.29, 1.82) is 0 Å². The summed E-state index contributed by atoms with van der Waals surface area (Å²) in [5.74, 6) is -0.471. The van der Waals surface area contributed by atoms with Gasteiger partial charge in [0.2, 0.25) is 0 Å². The first-order chi connectivity index (χ1) is 8.93. The molecule has 0 aliphatic heterocycles. The molecule has 19 heavy (non-hydrogen) atoms. The van der Waals surface area contributed by atoms with E-state index in [-0.39, 0.29) is 20.7 Å². The van der Waals surface area contributed by atoms with Crippen LogP contribution in [0.5, 0.6) is 0 Å². The summed E-state index contributed by atoms with van der Waals surface area (Å²) in [7, 11) is 0. The fourth-order valence-corrected chi connectivity index (χ4v) is 1.01. The average molecular weight is 275 g/mol. The molecule has 1 N–H and O–H groups in total. The molecule has 0 aromatic heterocycles. The molecule has 0 bridgehead atoms. The minimum Gasteiger partial charge on any atom is -0.460 e. The Bertz CT molecular complexity index is 307. The van der Waals surface area contributed by atoms with Crippen LogP contribution in [0.4, 0.5) is 4.79 Å². The van der Waals surface area contributed by atoms with E-state index >= 15 is 0 Å². The molecule has 0 saturated heterocycles. The lowest BCUT2D eigenvalue weighted by Crippen LogP contribution is -2.29. The Hall–Kier alpha value is -1.56. The molecule has 0 aromatic carbocycles. The smallest absolute Gasteiger partial charge is 0.407 e. The van der Waals surface area contributed by atoms with E-state index in [4.69, 9.17) is 14.2 Å². The van der Waals surface area contributed by atoms with Crippen molar-refractivity contribution in [3.8, 4) is 0 Å². The van der Waals surface area contributed by atoms with Gasteiger partial charge in [-0.1, -0.05) is 6.58 Å². The van der Waals surface area contributed by atoms with Gasteiger partial charge in [0.15, 0.2) is 0 Å². The summed E-state index contributed by atoms with van der Waals surface area (Å²) in [5, 5.41) is 2.47. The number of rotatable bonds is 9. The molecule has 6 heteroatoms. The lowest BCUT2D eigenvalue weighted by atomic mass is 10.4. The van der Waals surface area contributed by atoms with Crippen LogP contribution < -0.4 is 5.32 Å². The normalized spacial score (nSPS) is 10.1. The van der Waals surface area contributed by atoms with E-state index < -0.39 is 12.1 Å². The molecule has 0 fully saturated rings. The van der Waals surface area contributed by atoms with Crippen molar-refractivity contribution in [1.82, 2.24) is 5.32 Å². The maximum atomic E-state index is 11.2. The van der Waals surface area contributed by atoms with Gasteiger partial charge in [-0.2, -0.15) is 0 Å². The Morgan fingerprint density at radius 1 is 1.21 bits per heavy atom. The van der Waals surface area contributed by atoms with Crippen LogP contribution in [0.15, 0.2) is 12.2 Å². The minimum absolute atomic E-state index is 0. The average Bonchev–Trinajstić information content (AvgIpc) is 2.33. The van der Waals surface area contributed by atoms with Gasteiger partial charge < -0.3 is 19.5 Å². The number of carbonyl (C=O) groups excluding carboxylic acids is 2. The molecule has 0 rings (SSSR count). The molecule has 0 saturated carbocycles. The Balaban J connectivity index is 0. The Morgan fingerprint density at radius 2 is 1.89 bits per heavy atom. The summed E-state index contributed by atoms with van der Waals surface area (Å²) in [6.45, 7) is 10.0. The second-order valence-corrected chi connectivity index (χ2v) is 4.25. The molecule has 0 radical (unpaired) electrons. The van der Waals surface area contributed by atoms with Crippen molar-refractivity contribution in [2.75, 3.05) is 26.4 Å². The van der Waals surface area contributed by atoms with Gasteiger partial charge in [-0.25, -0.2) is 9.59 Å². The van der Waals surface area contributed by atoms with E-state index in [1.807, 2.05) is 13.8 Å². The molecule has 0 heterocycles. The molecule has 6 nitrogen and oxygen atoms in total. The molecular formula is C13H25NO5. The molecular weight excluding hydrogens is 250 g/mol. The van der Waals surface area contributed by atoms with Gasteiger partial charge >= 0.3 is 12.1 Å². The van der Waals surface area contributed by atoms with Crippen LogP contribution in [-0.4, -0.2) is 44.5 Å². The topological polar surface area (TPSA) is 73.9 Å². The number of carbonyl (C=O) groups is 2.